The molecule has 20 heavy (non-hydrogen) atoms. The maximum atomic E-state index is 11.8. The molecule has 0 atom stereocenters. The van der Waals surface area contributed by atoms with Gasteiger partial charge in [-0.05, 0) is 12.1 Å². The topological polar surface area (TPSA) is 90.1 Å². The third-order valence-electron chi connectivity index (χ3n) is 2.66. The molecule has 2 aromatic rings. The summed E-state index contributed by atoms with van der Waals surface area (Å²) in [5, 5.41) is 6.74. The summed E-state index contributed by atoms with van der Waals surface area (Å²) >= 11 is 0. The van der Waals surface area contributed by atoms with Gasteiger partial charge in [-0.2, -0.15) is 0 Å². The third-order valence-corrected chi connectivity index (χ3v) is 3.46. The second-order valence-electron chi connectivity index (χ2n) is 4.74. The first-order valence-corrected chi connectivity index (χ1v) is 7.86. The first kappa shape index (κ1) is 14.4. The van der Waals surface area contributed by atoms with Crippen molar-refractivity contribution >= 4 is 15.6 Å². The molecule has 0 aliphatic heterocycles. The molecule has 0 N–H and O–H groups in total. The van der Waals surface area contributed by atoms with Gasteiger partial charge >= 0.3 is 5.22 Å². The van der Waals surface area contributed by atoms with Crippen molar-refractivity contribution in [3.8, 4) is 11.5 Å². The molecule has 0 saturated heterocycles. The predicted molar refractivity (Wildman–Crippen MR) is 72.0 cm³/mol. The highest BCUT2D eigenvalue weighted by Crippen LogP contribution is 2.21. The summed E-state index contributed by atoms with van der Waals surface area (Å²) in [5.41, 5.74) is 1.15. The maximum Gasteiger partial charge on any atom is 0.335 e. The molecule has 0 spiro atoms. The van der Waals surface area contributed by atoms with Gasteiger partial charge in [-0.25, -0.2) is 8.42 Å². The second-order valence-corrected chi connectivity index (χ2v) is 6.64. The van der Waals surface area contributed by atoms with Crippen molar-refractivity contribution in [3.63, 3.8) is 0 Å². The van der Waals surface area contributed by atoms with Gasteiger partial charge in [0, 0.05) is 23.3 Å². The van der Waals surface area contributed by atoms with Crippen molar-refractivity contribution in [2.45, 2.75) is 19.1 Å². The Bertz CT molecular complexity index is 730. The fourth-order valence-corrected chi connectivity index (χ4v) is 2.01. The molecule has 0 radical (unpaired) electrons. The van der Waals surface area contributed by atoms with Crippen LogP contribution >= 0.6 is 0 Å². The largest absolute Gasteiger partial charge is 0.408 e. The minimum absolute atomic E-state index is 0.0407. The Balaban J connectivity index is 2.31. The Kier molecular flexibility index (Phi) is 3.71. The number of rotatable bonds is 4. The van der Waals surface area contributed by atoms with Crippen molar-refractivity contribution in [1.29, 1.82) is 0 Å². The fraction of sp³-hybridized carbons (Fsp3) is 0.308. The van der Waals surface area contributed by atoms with Crippen LogP contribution in [-0.4, -0.2) is 30.7 Å². The van der Waals surface area contributed by atoms with Crippen molar-refractivity contribution < 1.29 is 17.6 Å². The number of aromatic nitrogens is 2. The number of carbonyl (C=O) groups is 1. The van der Waals surface area contributed by atoms with E-state index in [0.717, 1.165) is 6.26 Å². The van der Waals surface area contributed by atoms with Crippen molar-refractivity contribution in [2.24, 2.45) is 5.92 Å². The van der Waals surface area contributed by atoms with Crippen LogP contribution in [0.4, 0.5) is 0 Å². The van der Waals surface area contributed by atoms with Crippen LogP contribution in [-0.2, 0) is 9.84 Å². The average Bonchev–Trinajstić information content (AvgIpc) is 2.87. The molecule has 0 amide bonds. The van der Waals surface area contributed by atoms with E-state index in [1.165, 1.54) is 0 Å². The zero-order valence-corrected chi connectivity index (χ0v) is 12.1. The summed E-state index contributed by atoms with van der Waals surface area (Å²) in [4.78, 5) is 11.8. The third kappa shape index (κ3) is 2.93. The summed E-state index contributed by atoms with van der Waals surface area (Å²) in [6.45, 7) is 3.65. The van der Waals surface area contributed by atoms with Gasteiger partial charge in [-0.1, -0.05) is 31.1 Å². The van der Waals surface area contributed by atoms with Crippen molar-refractivity contribution in [2.75, 3.05) is 6.26 Å². The van der Waals surface area contributed by atoms with Gasteiger partial charge in [-0.3, -0.25) is 4.79 Å². The summed E-state index contributed by atoms with van der Waals surface area (Å²) in [7, 11) is -3.52. The van der Waals surface area contributed by atoms with Crippen LogP contribution in [0.1, 0.15) is 24.2 Å². The molecule has 0 aliphatic rings. The van der Waals surface area contributed by atoms with Gasteiger partial charge in [-0.15, -0.1) is 5.10 Å². The lowest BCUT2D eigenvalue weighted by Crippen LogP contribution is -2.06. The summed E-state index contributed by atoms with van der Waals surface area (Å²) in [5.74, 6) is 0.0639. The lowest BCUT2D eigenvalue weighted by Gasteiger charge is -2.04. The number of carbonyl (C=O) groups excluding carboxylic acids is 1. The summed E-state index contributed by atoms with van der Waals surface area (Å²) in [6.07, 6.45) is 0.995. The Morgan fingerprint density at radius 3 is 2.20 bits per heavy atom. The molecule has 0 saturated carbocycles. The van der Waals surface area contributed by atoms with Crippen LogP contribution in [0, 0.1) is 5.92 Å². The number of hydrogen-bond acceptors (Lipinski definition) is 6. The molecule has 1 heterocycles. The highest BCUT2D eigenvalue weighted by Gasteiger charge is 2.18. The normalized spacial score (nSPS) is 11.8. The Morgan fingerprint density at radius 2 is 1.75 bits per heavy atom. The summed E-state index contributed by atoms with van der Waals surface area (Å²) in [6, 6.07) is 6.61. The number of Topliss-reactive ketones (excluding diaryl/α,β-unsaturated/α-hetero) is 1. The van der Waals surface area contributed by atoms with E-state index in [4.69, 9.17) is 4.42 Å². The van der Waals surface area contributed by atoms with Crippen LogP contribution < -0.4 is 0 Å². The molecule has 2 rings (SSSR count). The molecule has 0 bridgehead atoms. The minimum atomic E-state index is -3.52. The summed E-state index contributed by atoms with van der Waals surface area (Å²) < 4.78 is 27.6. The van der Waals surface area contributed by atoms with Crippen molar-refractivity contribution in [1.82, 2.24) is 10.2 Å². The second kappa shape index (κ2) is 5.16. The monoisotopic (exact) mass is 294 g/mol. The fourth-order valence-electron chi connectivity index (χ4n) is 1.59. The van der Waals surface area contributed by atoms with Crippen LogP contribution in [0.3, 0.4) is 0 Å². The molecule has 0 fully saturated rings. The van der Waals surface area contributed by atoms with Crippen LogP contribution in [0.5, 0.6) is 0 Å². The molecule has 6 nitrogen and oxygen atoms in total. The van der Waals surface area contributed by atoms with Crippen LogP contribution in [0.2, 0.25) is 0 Å². The average molecular weight is 294 g/mol. The minimum Gasteiger partial charge on any atom is -0.408 e. The molecule has 106 valence electrons. The highest BCUT2D eigenvalue weighted by molar-refractivity contribution is 7.90. The molecule has 1 aromatic heterocycles. The van der Waals surface area contributed by atoms with Gasteiger partial charge in [0.15, 0.2) is 5.78 Å². The first-order chi connectivity index (χ1) is 9.29. The number of hydrogen-bond donors (Lipinski definition) is 0. The maximum absolute atomic E-state index is 11.8. The molecule has 0 aliphatic carbocycles. The molecular weight excluding hydrogens is 280 g/mol. The van der Waals surface area contributed by atoms with Crippen LogP contribution in [0.15, 0.2) is 33.9 Å². The lowest BCUT2D eigenvalue weighted by atomic mass is 10.0. The Labute approximate surface area is 116 Å². The van der Waals surface area contributed by atoms with Gasteiger partial charge in [0.2, 0.25) is 15.7 Å². The predicted octanol–water partition coefficient (Wildman–Crippen LogP) is 1.98. The zero-order valence-electron chi connectivity index (χ0n) is 11.3. The van der Waals surface area contributed by atoms with E-state index in [0.29, 0.717) is 11.1 Å². The SMILES string of the molecule is CC(C)C(=O)c1ccc(-c2nnc(S(C)(=O)=O)o2)cc1. The number of sulfone groups is 1. The first-order valence-electron chi connectivity index (χ1n) is 5.97. The Hall–Kier alpha value is -2.02. The number of benzene rings is 1. The molecule has 7 heteroatoms. The van der Waals surface area contributed by atoms with E-state index >= 15 is 0 Å². The van der Waals surface area contributed by atoms with E-state index in [1.54, 1.807) is 24.3 Å². The quantitative estimate of drug-likeness (QED) is 0.801. The van der Waals surface area contributed by atoms with E-state index in [2.05, 4.69) is 10.2 Å². The van der Waals surface area contributed by atoms with E-state index in [1.807, 2.05) is 13.8 Å². The standard InChI is InChI=1S/C13H14N2O4S/c1-8(2)11(16)9-4-6-10(7-5-9)12-14-15-13(19-12)20(3,17)18/h4-8H,1-3H3. The molecule has 1 aromatic carbocycles. The molecule has 0 unspecified atom stereocenters. The van der Waals surface area contributed by atoms with E-state index in [-0.39, 0.29) is 17.6 Å². The van der Waals surface area contributed by atoms with E-state index < -0.39 is 15.1 Å². The van der Waals surface area contributed by atoms with Gasteiger partial charge in [0.1, 0.15) is 0 Å². The lowest BCUT2D eigenvalue weighted by molar-refractivity contribution is 0.0939. The number of nitrogens with zero attached hydrogens (tertiary/aromatic N) is 2. The van der Waals surface area contributed by atoms with E-state index in [9.17, 15) is 13.2 Å². The molecular formula is C13H14N2O4S. The highest BCUT2D eigenvalue weighted by atomic mass is 32.2. The van der Waals surface area contributed by atoms with Gasteiger partial charge < -0.3 is 4.42 Å². The van der Waals surface area contributed by atoms with Crippen LogP contribution in [0.25, 0.3) is 11.5 Å². The number of ketones is 1. The van der Waals surface area contributed by atoms with Crippen molar-refractivity contribution in [3.05, 3.63) is 29.8 Å². The van der Waals surface area contributed by atoms with Gasteiger partial charge in [0.05, 0.1) is 0 Å². The zero-order chi connectivity index (χ0) is 14.9. The van der Waals surface area contributed by atoms with Gasteiger partial charge in [0.25, 0.3) is 0 Å². The smallest absolute Gasteiger partial charge is 0.335 e. The Morgan fingerprint density at radius 1 is 1.15 bits per heavy atom.